The Morgan fingerprint density at radius 1 is 1.10 bits per heavy atom. The summed E-state index contributed by atoms with van der Waals surface area (Å²) in [6, 6.07) is 10.8. The highest BCUT2D eigenvalue weighted by atomic mass is 15.3. The standard InChI is InChI=1S/C18H29N3/c1-3-9-19-14-17(2)15-20-10-12-21(13-11-20)16-18-7-5-4-6-8-18/h4-8,19H,2-3,9-16H2,1H3. The predicted octanol–water partition coefficient (Wildman–Crippen LogP) is 2.36. The number of nitrogens with one attached hydrogen (secondary N) is 1. The van der Waals surface area contributed by atoms with E-state index in [1.165, 1.54) is 17.6 Å². The SMILES string of the molecule is C=C(CNCCC)CN1CCN(Cc2ccccc2)CC1. The summed E-state index contributed by atoms with van der Waals surface area (Å²) < 4.78 is 0. The van der Waals surface area contributed by atoms with Crippen LogP contribution < -0.4 is 5.32 Å². The molecule has 1 N–H and O–H groups in total. The molecule has 1 saturated heterocycles. The van der Waals surface area contributed by atoms with E-state index in [9.17, 15) is 0 Å². The molecule has 0 atom stereocenters. The van der Waals surface area contributed by atoms with Gasteiger partial charge in [-0.05, 0) is 24.1 Å². The van der Waals surface area contributed by atoms with Gasteiger partial charge in [-0.3, -0.25) is 9.80 Å². The predicted molar refractivity (Wildman–Crippen MR) is 90.5 cm³/mol. The van der Waals surface area contributed by atoms with E-state index in [1.54, 1.807) is 0 Å². The van der Waals surface area contributed by atoms with Crippen molar-refractivity contribution in [2.75, 3.05) is 45.8 Å². The second-order valence-electron chi connectivity index (χ2n) is 5.96. The first-order chi connectivity index (χ1) is 10.3. The van der Waals surface area contributed by atoms with Crippen LogP contribution in [0.2, 0.25) is 0 Å². The lowest BCUT2D eigenvalue weighted by atomic mass is 10.2. The molecule has 0 aliphatic carbocycles. The molecule has 116 valence electrons. The number of nitrogens with zero attached hydrogens (tertiary/aromatic N) is 2. The highest BCUT2D eigenvalue weighted by Gasteiger charge is 2.17. The molecule has 21 heavy (non-hydrogen) atoms. The Morgan fingerprint density at radius 3 is 2.43 bits per heavy atom. The Morgan fingerprint density at radius 2 is 1.76 bits per heavy atom. The van der Waals surface area contributed by atoms with Crippen molar-refractivity contribution >= 4 is 0 Å². The van der Waals surface area contributed by atoms with Crippen LogP contribution in [0.15, 0.2) is 42.5 Å². The second-order valence-corrected chi connectivity index (χ2v) is 5.96. The number of benzene rings is 1. The minimum absolute atomic E-state index is 0.956. The molecule has 0 radical (unpaired) electrons. The first-order valence-electron chi connectivity index (χ1n) is 8.14. The first-order valence-corrected chi connectivity index (χ1v) is 8.14. The second kappa shape index (κ2) is 8.98. The van der Waals surface area contributed by atoms with Crippen LogP contribution >= 0.6 is 0 Å². The molecule has 3 nitrogen and oxygen atoms in total. The van der Waals surface area contributed by atoms with Crippen LogP contribution in [0.25, 0.3) is 0 Å². The number of rotatable bonds is 8. The van der Waals surface area contributed by atoms with Gasteiger partial charge in [0.1, 0.15) is 0 Å². The highest BCUT2D eigenvalue weighted by molar-refractivity contribution is 5.14. The zero-order chi connectivity index (χ0) is 14.9. The summed E-state index contributed by atoms with van der Waals surface area (Å²) in [6.45, 7) is 15.2. The van der Waals surface area contributed by atoms with Crippen molar-refractivity contribution in [3.63, 3.8) is 0 Å². The molecular formula is C18H29N3. The summed E-state index contributed by atoms with van der Waals surface area (Å²) in [6.07, 6.45) is 1.19. The Balaban J connectivity index is 1.65. The lowest BCUT2D eigenvalue weighted by Crippen LogP contribution is -2.46. The number of piperazine rings is 1. The lowest BCUT2D eigenvalue weighted by Gasteiger charge is -2.35. The molecule has 0 spiro atoms. The fraction of sp³-hybridized carbons (Fsp3) is 0.556. The Kier molecular flexibility index (Phi) is 6.93. The maximum Gasteiger partial charge on any atom is 0.0234 e. The van der Waals surface area contributed by atoms with Gasteiger partial charge in [0, 0.05) is 45.8 Å². The van der Waals surface area contributed by atoms with Gasteiger partial charge in [-0.15, -0.1) is 0 Å². The molecule has 1 aromatic rings. The molecule has 1 aromatic carbocycles. The third kappa shape index (κ3) is 6.00. The van der Waals surface area contributed by atoms with Gasteiger partial charge in [0.15, 0.2) is 0 Å². The van der Waals surface area contributed by atoms with Gasteiger partial charge in [0.2, 0.25) is 0 Å². The fourth-order valence-electron chi connectivity index (χ4n) is 2.76. The van der Waals surface area contributed by atoms with Crippen LogP contribution in [-0.2, 0) is 6.54 Å². The van der Waals surface area contributed by atoms with Crippen molar-refractivity contribution in [3.05, 3.63) is 48.0 Å². The van der Waals surface area contributed by atoms with E-state index < -0.39 is 0 Å². The van der Waals surface area contributed by atoms with Crippen molar-refractivity contribution in [3.8, 4) is 0 Å². The van der Waals surface area contributed by atoms with Crippen LogP contribution in [0.5, 0.6) is 0 Å². The van der Waals surface area contributed by atoms with Gasteiger partial charge >= 0.3 is 0 Å². The molecule has 1 aliphatic heterocycles. The minimum Gasteiger partial charge on any atom is -0.313 e. The number of hydrogen-bond donors (Lipinski definition) is 1. The quantitative estimate of drug-likeness (QED) is 0.585. The van der Waals surface area contributed by atoms with Crippen molar-refractivity contribution in [2.45, 2.75) is 19.9 Å². The molecule has 1 fully saturated rings. The minimum atomic E-state index is 0.956. The summed E-state index contributed by atoms with van der Waals surface area (Å²) in [5.74, 6) is 0. The van der Waals surface area contributed by atoms with Gasteiger partial charge in [0.25, 0.3) is 0 Å². The van der Waals surface area contributed by atoms with Crippen LogP contribution in [-0.4, -0.2) is 55.6 Å². The molecule has 0 aromatic heterocycles. The third-order valence-electron chi connectivity index (χ3n) is 3.96. The van der Waals surface area contributed by atoms with Crippen LogP contribution in [0.1, 0.15) is 18.9 Å². The zero-order valence-electron chi connectivity index (χ0n) is 13.4. The van der Waals surface area contributed by atoms with Crippen molar-refractivity contribution in [1.82, 2.24) is 15.1 Å². The molecule has 1 aliphatic rings. The molecule has 3 heteroatoms. The first kappa shape index (κ1) is 16.2. The Hall–Kier alpha value is -1.16. The van der Waals surface area contributed by atoms with E-state index in [4.69, 9.17) is 0 Å². The topological polar surface area (TPSA) is 18.5 Å². The molecule has 0 amide bonds. The molecule has 0 bridgehead atoms. The van der Waals surface area contributed by atoms with E-state index in [0.717, 1.165) is 52.4 Å². The summed E-state index contributed by atoms with van der Waals surface area (Å²) >= 11 is 0. The largest absolute Gasteiger partial charge is 0.313 e. The van der Waals surface area contributed by atoms with Gasteiger partial charge in [0.05, 0.1) is 0 Å². The van der Waals surface area contributed by atoms with Crippen molar-refractivity contribution in [1.29, 1.82) is 0 Å². The highest BCUT2D eigenvalue weighted by Crippen LogP contribution is 2.09. The van der Waals surface area contributed by atoms with E-state index in [-0.39, 0.29) is 0 Å². The zero-order valence-corrected chi connectivity index (χ0v) is 13.4. The van der Waals surface area contributed by atoms with E-state index >= 15 is 0 Å². The molecule has 1 heterocycles. The molecule has 0 unspecified atom stereocenters. The Bertz CT molecular complexity index is 408. The van der Waals surface area contributed by atoms with Crippen molar-refractivity contribution in [2.24, 2.45) is 0 Å². The normalized spacial score (nSPS) is 17.0. The van der Waals surface area contributed by atoms with Gasteiger partial charge < -0.3 is 5.32 Å². The van der Waals surface area contributed by atoms with E-state index in [1.807, 2.05) is 0 Å². The maximum absolute atomic E-state index is 4.19. The third-order valence-corrected chi connectivity index (χ3v) is 3.96. The summed E-state index contributed by atoms with van der Waals surface area (Å²) in [4.78, 5) is 5.07. The Labute approximate surface area is 129 Å². The smallest absolute Gasteiger partial charge is 0.0234 e. The van der Waals surface area contributed by atoms with Gasteiger partial charge in [-0.1, -0.05) is 43.8 Å². The number of hydrogen-bond acceptors (Lipinski definition) is 3. The van der Waals surface area contributed by atoms with Crippen molar-refractivity contribution < 1.29 is 0 Å². The van der Waals surface area contributed by atoms with E-state index in [2.05, 4.69) is 59.0 Å². The average Bonchev–Trinajstić information content (AvgIpc) is 2.51. The van der Waals surface area contributed by atoms with Crippen LogP contribution in [0.4, 0.5) is 0 Å². The van der Waals surface area contributed by atoms with Crippen LogP contribution in [0.3, 0.4) is 0 Å². The fourth-order valence-corrected chi connectivity index (χ4v) is 2.76. The van der Waals surface area contributed by atoms with Gasteiger partial charge in [-0.2, -0.15) is 0 Å². The lowest BCUT2D eigenvalue weighted by molar-refractivity contribution is 0.134. The summed E-state index contributed by atoms with van der Waals surface area (Å²) in [5, 5.41) is 3.43. The molecule has 2 rings (SSSR count). The van der Waals surface area contributed by atoms with E-state index in [0.29, 0.717) is 0 Å². The summed E-state index contributed by atoms with van der Waals surface area (Å²) in [7, 11) is 0. The van der Waals surface area contributed by atoms with Gasteiger partial charge in [-0.25, -0.2) is 0 Å². The maximum atomic E-state index is 4.19. The molecular weight excluding hydrogens is 258 g/mol. The molecule has 0 saturated carbocycles. The average molecular weight is 287 g/mol. The summed E-state index contributed by atoms with van der Waals surface area (Å²) in [5.41, 5.74) is 2.72. The van der Waals surface area contributed by atoms with Crippen LogP contribution in [0, 0.1) is 0 Å². The monoisotopic (exact) mass is 287 g/mol.